The van der Waals surface area contributed by atoms with Crippen molar-refractivity contribution >= 4 is 0 Å². The van der Waals surface area contributed by atoms with Crippen molar-refractivity contribution in [2.45, 2.75) is 39.2 Å². The van der Waals surface area contributed by atoms with Gasteiger partial charge < -0.3 is 9.84 Å². The third kappa shape index (κ3) is 1.74. The lowest BCUT2D eigenvalue weighted by atomic mass is 9.86. The first-order valence-electron chi connectivity index (χ1n) is 4.27. The van der Waals surface area contributed by atoms with Gasteiger partial charge in [-0.05, 0) is 18.3 Å². The molecule has 1 aliphatic carbocycles. The molecule has 2 heteroatoms. The van der Waals surface area contributed by atoms with Crippen LogP contribution >= 0.6 is 0 Å². The summed E-state index contributed by atoms with van der Waals surface area (Å²) < 4.78 is 5.60. The van der Waals surface area contributed by atoms with E-state index in [0.29, 0.717) is 6.61 Å². The molecule has 1 N–H and O–H groups in total. The van der Waals surface area contributed by atoms with Crippen LogP contribution in [0.5, 0.6) is 0 Å². The Kier molecular flexibility index (Phi) is 2.26. The summed E-state index contributed by atoms with van der Waals surface area (Å²) in [5.74, 6) is 0. The number of rotatable bonds is 3. The molecule has 0 aromatic rings. The fraction of sp³-hybridized carbons (Fsp3) is 1.00. The molecule has 0 radical (unpaired) electrons. The van der Waals surface area contributed by atoms with Gasteiger partial charge in [0, 0.05) is 0 Å². The maximum atomic E-state index is 8.60. The van der Waals surface area contributed by atoms with Crippen molar-refractivity contribution in [1.29, 1.82) is 0 Å². The summed E-state index contributed by atoms with van der Waals surface area (Å²) in [6.45, 7) is 7.20. The van der Waals surface area contributed by atoms with Crippen LogP contribution in [0.15, 0.2) is 0 Å². The van der Waals surface area contributed by atoms with E-state index in [1.54, 1.807) is 0 Å². The van der Waals surface area contributed by atoms with Crippen molar-refractivity contribution < 1.29 is 9.84 Å². The highest BCUT2D eigenvalue weighted by Crippen LogP contribution is 2.52. The third-order valence-electron chi connectivity index (χ3n) is 2.54. The normalized spacial score (nSPS) is 21.8. The second-order valence-corrected chi connectivity index (χ2v) is 4.32. The first kappa shape index (κ1) is 9.01. The average molecular weight is 158 g/mol. The first-order valence-corrected chi connectivity index (χ1v) is 4.27. The monoisotopic (exact) mass is 158 g/mol. The number of hydrogen-bond acceptors (Lipinski definition) is 2. The number of aliphatic hydroxyl groups is 1. The predicted molar refractivity (Wildman–Crippen MR) is 44.5 cm³/mol. The minimum Gasteiger partial charge on any atom is -0.394 e. The largest absolute Gasteiger partial charge is 0.394 e. The van der Waals surface area contributed by atoms with E-state index < -0.39 is 0 Å². The Balaban J connectivity index is 2.41. The minimum absolute atomic E-state index is 0.0791. The van der Waals surface area contributed by atoms with E-state index in [1.165, 1.54) is 0 Å². The van der Waals surface area contributed by atoms with Crippen LogP contribution in [0.1, 0.15) is 33.6 Å². The molecule has 0 saturated heterocycles. The van der Waals surface area contributed by atoms with Crippen molar-refractivity contribution in [3.63, 3.8) is 0 Å². The van der Waals surface area contributed by atoms with E-state index in [4.69, 9.17) is 9.84 Å². The van der Waals surface area contributed by atoms with Crippen LogP contribution in [0.3, 0.4) is 0 Å². The third-order valence-corrected chi connectivity index (χ3v) is 2.54. The molecule has 1 fully saturated rings. The van der Waals surface area contributed by atoms with E-state index in [-0.39, 0.29) is 17.6 Å². The van der Waals surface area contributed by atoms with E-state index in [0.717, 1.165) is 12.8 Å². The van der Waals surface area contributed by atoms with Crippen LogP contribution in [0.2, 0.25) is 0 Å². The molecular weight excluding hydrogens is 140 g/mol. The van der Waals surface area contributed by atoms with Gasteiger partial charge in [0.1, 0.15) is 0 Å². The predicted octanol–water partition coefficient (Wildman–Crippen LogP) is 1.57. The Morgan fingerprint density at radius 1 is 1.36 bits per heavy atom. The van der Waals surface area contributed by atoms with Gasteiger partial charge >= 0.3 is 0 Å². The van der Waals surface area contributed by atoms with E-state index >= 15 is 0 Å². The highest BCUT2D eigenvalue weighted by Gasteiger charge is 2.53. The zero-order valence-corrected chi connectivity index (χ0v) is 7.68. The van der Waals surface area contributed by atoms with Gasteiger partial charge in [-0.3, -0.25) is 0 Å². The minimum atomic E-state index is 0.0791. The van der Waals surface area contributed by atoms with Gasteiger partial charge in [-0.15, -0.1) is 0 Å². The smallest absolute Gasteiger partial charge is 0.0733 e. The van der Waals surface area contributed by atoms with Crippen molar-refractivity contribution in [2.75, 3.05) is 13.2 Å². The molecular formula is C9H18O2. The van der Waals surface area contributed by atoms with Crippen LogP contribution in [0.4, 0.5) is 0 Å². The van der Waals surface area contributed by atoms with Crippen LogP contribution in [-0.2, 0) is 4.74 Å². The Bertz CT molecular complexity index is 131. The zero-order valence-electron chi connectivity index (χ0n) is 7.68. The van der Waals surface area contributed by atoms with Crippen LogP contribution in [0.25, 0.3) is 0 Å². The summed E-state index contributed by atoms with van der Waals surface area (Å²) in [5.41, 5.74) is 0.303. The Morgan fingerprint density at radius 2 is 1.91 bits per heavy atom. The standard InChI is InChI=1S/C9H18O2/c1-8(2,3)9(4-5-9)11-7-6-10/h10H,4-7H2,1-3H3. The van der Waals surface area contributed by atoms with E-state index in [9.17, 15) is 0 Å². The van der Waals surface area contributed by atoms with Gasteiger partial charge in [-0.2, -0.15) is 0 Å². The van der Waals surface area contributed by atoms with Gasteiger partial charge in [0.05, 0.1) is 18.8 Å². The van der Waals surface area contributed by atoms with Gasteiger partial charge in [0.25, 0.3) is 0 Å². The molecule has 1 saturated carbocycles. The summed E-state index contributed by atoms with van der Waals surface area (Å²) in [4.78, 5) is 0. The molecule has 0 aliphatic heterocycles. The molecule has 0 heterocycles. The molecule has 1 rings (SSSR count). The summed E-state index contributed by atoms with van der Waals surface area (Å²) in [7, 11) is 0. The van der Waals surface area contributed by atoms with Crippen molar-refractivity contribution in [3.05, 3.63) is 0 Å². The van der Waals surface area contributed by atoms with Crippen molar-refractivity contribution in [1.82, 2.24) is 0 Å². The fourth-order valence-electron chi connectivity index (χ4n) is 1.47. The molecule has 0 amide bonds. The molecule has 1 aliphatic rings. The second-order valence-electron chi connectivity index (χ2n) is 4.32. The maximum Gasteiger partial charge on any atom is 0.0733 e. The fourth-order valence-corrected chi connectivity index (χ4v) is 1.47. The van der Waals surface area contributed by atoms with Crippen LogP contribution < -0.4 is 0 Å². The molecule has 0 aromatic carbocycles. The van der Waals surface area contributed by atoms with Crippen molar-refractivity contribution in [2.24, 2.45) is 5.41 Å². The van der Waals surface area contributed by atoms with E-state index in [2.05, 4.69) is 20.8 Å². The lowest BCUT2D eigenvalue weighted by Gasteiger charge is -2.30. The lowest BCUT2D eigenvalue weighted by Crippen LogP contribution is -2.32. The maximum absolute atomic E-state index is 8.60. The topological polar surface area (TPSA) is 29.5 Å². The molecule has 0 aromatic heterocycles. The van der Waals surface area contributed by atoms with Crippen LogP contribution in [0, 0.1) is 5.41 Å². The second kappa shape index (κ2) is 2.76. The zero-order chi connectivity index (χ0) is 8.54. The SMILES string of the molecule is CC(C)(C)C1(OCCO)CC1. The Morgan fingerprint density at radius 3 is 2.18 bits per heavy atom. The molecule has 0 atom stereocenters. The molecule has 0 spiro atoms. The van der Waals surface area contributed by atoms with Crippen molar-refractivity contribution in [3.8, 4) is 0 Å². The Hall–Kier alpha value is -0.0800. The molecule has 11 heavy (non-hydrogen) atoms. The number of aliphatic hydroxyl groups excluding tert-OH is 1. The van der Waals surface area contributed by atoms with E-state index in [1.807, 2.05) is 0 Å². The Labute approximate surface area is 68.6 Å². The molecule has 66 valence electrons. The van der Waals surface area contributed by atoms with Gasteiger partial charge in [-0.1, -0.05) is 20.8 Å². The highest BCUT2D eigenvalue weighted by molar-refractivity contribution is 5.04. The number of ether oxygens (including phenoxy) is 1. The number of hydrogen-bond donors (Lipinski definition) is 1. The average Bonchev–Trinajstić information content (AvgIpc) is 2.61. The summed E-state index contributed by atoms with van der Waals surface area (Å²) in [6, 6.07) is 0. The molecule has 0 bridgehead atoms. The molecule has 0 unspecified atom stereocenters. The quantitative estimate of drug-likeness (QED) is 0.675. The summed E-state index contributed by atoms with van der Waals surface area (Å²) >= 11 is 0. The van der Waals surface area contributed by atoms with Gasteiger partial charge in [0.2, 0.25) is 0 Å². The van der Waals surface area contributed by atoms with Gasteiger partial charge in [0.15, 0.2) is 0 Å². The summed E-state index contributed by atoms with van der Waals surface area (Å²) in [6.07, 6.45) is 2.30. The molecule has 2 nitrogen and oxygen atoms in total. The lowest BCUT2D eigenvalue weighted by molar-refractivity contribution is -0.0523. The van der Waals surface area contributed by atoms with Crippen LogP contribution in [-0.4, -0.2) is 23.9 Å². The summed E-state index contributed by atoms with van der Waals surface area (Å²) in [5, 5.41) is 8.60. The first-order chi connectivity index (χ1) is 5.02. The van der Waals surface area contributed by atoms with Gasteiger partial charge in [-0.25, -0.2) is 0 Å². The highest BCUT2D eigenvalue weighted by atomic mass is 16.5.